The summed E-state index contributed by atoms with van der Waals surface area (Å²) in [6.45, 7) is 4.52. The van der Waals surface area contributed by atoms with E-state index in [1.807, 2.05) is 33.3 Å². The van der Waals surface area contributed by atoms with Gasteiger partial charge in [0.1, 0.15) is 13.2 Å². The lowest BCUT2D eigenvalue weighted by molar-refractivity contribution is -0.870. The van der Waals surface area contributed by atoms with E-state index in [4.69, 9.17) is 9.05 Å². The smallest absolute Gasteiger partial charge is 0.387 e. The van der Waals surface area contributed by atoms with Gasteiger partial charge in [-0.2, -0.15) is 0 Å². The van der Waals surface area contributed by atoms with E-state index >= 15 is 0 Å². The molecule has 0 aromatic rings. The van der Waals surface area contributed by atoms with Gasteiger partial charge in [0.15, 0.2) is 0 Å². The summed E-state index contributed by atoms with van der Waals surface area (Å²) in [5.74, 6) is -0.325. The Balaban J connectivity index is 4.81. The maximum atomic E-state index is 12.7. The van der Waals surface area contributed by atoms with Gasteiger partial charge in [0.05, 0.1) is 39.9 Å². The maximum Gasteiger partial charge on any atom is 0.472 e. The topological polar surface area (TPSA) is 105 Å². The fourth-order valence-corrected chi connectivity index (χ4v) is 5.23. The fourth-order valence-electron chi connectivity index (χ4n) is 4.49. The number of aliphatic hydroxyl groups is 1. The summed E-state index contributed by atoms with van der Waals surface area (Å²) < 4.78 is 23.4. The highest BCUT2D eigenvalue weighted by Crippen LogP contribution is 2.43. The predicted octanol–water partition coefficient (Wildman–Crippen LogP) is 10.0. The molecule has 3 unspecified atom stereocenters. The first kappa shape index (κ1) is 48.4. The quantitative estimate of drug-likeness (QED) is 0.0275. The largest absolute Gasteiger partial charge is 0.472 e. The molecule has 0 aromatic heterocycles. The molecule has 0 aliphatic carbocycles. The van der Waals surface area contributed by atoms with E-state index < -0.39 is 20.0 Å². The van der Waals surface area contributed by atoms with E-state index in [1.165, 1.54) is 25.7 Å². The van der Waals surface area contributed by atoms with Crippen LogP contribution in [0.4, 0.5) is 0 Å². The Bertz CT molecular complexity index is 1150. The van der Waals surface area contributed by atoms with E-state index in [0.29, 0.717) is 17.4 Å². The van der Waals surface area contributed by atoms with Gasteiger partial charge in [-0.1, -0.05) is 130 Å². The first-order chi connectivity index (χ1) is 24.5. The van der Waals surface area contributed by atoms with Crippen molar-refractivity contribution in [2.45, 2.75) is 122 Å². The molecule has 0 radical (unpaired) electrons. The van der Waals surface area contributed by atoms with Crippen LogP contribution >= 0.6 is 7.82 Å². The van der Waals surface area contributed by atoms with Crippen molar-refractivity contribution >= 4 is 13.7 Å². The number of phosphoric ester groups is 1. The van der Waals surface area contributed by atoms with Crippen LogP contribution in [0.5, 0.6) is 0 Å². The summed E-state index contributed by atoms with van der Waals surface area (Å²) >= 11 is 0. The third kappa shape index (κ3) is 35.6. The van der Waals surface area contributed by atoms with Gasteiger partial charge in [0, 0.05) is 6.42 Å². The number of aliphatic hydroxyl groups excluding tert-OH is 1. The fraction of sp³-hybridized carbons (Fsp3) is 0.595. The summed E-state index contributed by atoms with van der Waals surface area (Å²) in [4.78, 5) is 22.9. The molecule has 0 saturated carbocycles. The van der Waals surface area contributed by atoms with Gasteiger partial charge in [0.25, 0.3) is 0 Å². The monoisotopic (exact) mass is 732 g/mol. The van der Waals surface area contributed by atoms with Crippen LogP contribution in [0.2, 0.25) is 0 Å². The minimum absolute atomic E-state index is 0.0314. The molecule has 290 valence electrons. The predicted molar refractivity (Wildman–Crippen MR) is 216 cm³/mol. The van der Waals surface area contributed by atoms with Crippen molar-refractivity contribution < 1.29 is 32.9 Å². The molecule has 0 bridgehead atoms. The van der Waals surface area contributed by atoms with Crippen molar-refractivity contribution in [2.24, 2.45) is 0 Å². The first-order valence-electron chi connectivity index (χ1n) is 19.1. The van der Waals surface area contributed by atoms with E-state index in [9.17, 15) is 19.4 Å². The number of carbonyl (C=O) groups excluding carboxylic acids is 1. The Morgan fingerprint density at radius 1 is 0.686 bits per heavy atom. The average Bonchev–Trinajstić information content (AvgIpc) is 3.07. The van der Waals surface area contributed by atoms with Crippen molar-refractivity contribution in [3.63, 3.8) is 0 Å². The van der Waals surface area contributed by atoms with Crippen LogP contribution in [0.1, 0.15) is 110 Å². The van der Waals surface area contributed by atoms with Crippen LogP contribution in [-0.4, -0.2) is 73.4 Å². The molecule has 0 spiro atoms. The molecule has 0 aliphatic heterocycles. The van der Waals surface area contributed by atoms with Gasteiger partial charge >= 0.3 is 7.82 Å². The lowest BCUT2D eigenvalue weighted by Gasteiger charge is -2.25. The van der Waals surface area contributed by atoms with Crippen LogP contribution < -0.4 is 5.32 Å². The molecule has 0 aliphatic rings. The van der Waals surface area contributed by atoms with Gasteiger partial charge in [-0.3, -0.25) is 13.8 Å². The minimum atomic E-state index is -4.37. The molecule has 0 saturated heterocycles. The lowest BCUT2D eigenvalue weighted by atomic mass is 10.1. The summed E-state index contributed by atoms with van der Waals surface area (Å²) in [6.07, 6.45) is 46.5. The van der Waals surface area contributed by atoms with E-state index in [-0.39, 0.29) is 25.5 Å². The molecule has 8 nitrogen and oxygen atoms in total. The molecule has 0 rings (SSSR count). The van der Waals surface area contributed by atoms with E-state index in [2.05, 4.69) is 92.1 Å². The molecule has 3 atom stereocenters. The zero-order valence-electron chi connectivity index (χ0n) is 32.5. The molecule has 0 fully saturated rings. The Kier molecular flexibility index (Phi) is 31.6. The number of likely N-dealkylation sites (N-methyl/N-ethyl adjacent to an activating group) is 1. The molecule has 9 heteroatoms. The highest BCUT2D eigenvalue weighted by atomic mass is 31.2. The number of allylic oxidation sites excluding steroid dienone is 14. The van der Waals surface area contributed by atoms with Crippen molar-refractivity contribution in [3.8, 4) is 0 Å². The number of nitrogens with one attached hydrogen (secondary N) is 1. The molecule has 0 aromatic carbocycles. The Labute approximate surface area is 311 Å². The number of amides is 1. The van der Waals surface area contributed by atoms with Gasteiger partial charge in [-0.15, -0.1) is 0 Å². The van der Waals surface area contributed by atoms with Crippen molar-refractivity contribution in [2.75, 3.05) is 40.9 Å². The lowest BCUT2D eigenvalue weighted by Crippen LogP contribution is -2.45. The normalized spacial score (nSPS) is 15.7. The Morgan fingerprint density at radius 2 is 1.20 bits per heavy atom. The highest BCUT2D eigenvalue weighted by Gasteiger charge is 2.27. The third-order valence-corrected chi connectivity index (χ3v) is 8.53. The summed E-state index contributed by atoms with van der Waals surface area (Å²) in [6, 6.07) is -0.928. The van der Waals surface area contributed by atoms with Crippen LogP contribution in [0.25, 0.3) is 0 Å². The molecule has 3 N–H and O–H groups in total. The number of phosphoric acid groups is 1. The highest BCUT2D eigenvalue weighted by molar-refractivity contribution is 7.47. The molecule has 51 heavy (non-hydrogen) atoms. The number of quaternary nitrogens is 1. The van der Waals surface area contributed by atoms with Crippen LogP contribution in [0.3, 0.4) is 0 Å². The number of unbranched alkanes of at least 4 members (excludes halogenated alkanes) is 6. The Morgan fingerprint density at radius 3 is 1.73 bits per heavy atom. The van der Waals surface area contributed by atoms with Crippen molar-refractivity contribution in [3.05, 3.63) is 97.2 Å². The second-order valence-electron chi connectivity index (χ2n) is 13.6. The molecule has 1 amide bonds. The van der Waals surface area contributed by atoms with Gasteiger partial charge in [-0.25, -0.2) is 4.57 Å². The third-order valence-electron chi connectivity index (χ3n) is 7.54. The van der Waals surface area contributed by atoms with Crippen molar-refractivity contribution in [1.82, 2.24) is 5.32 Å². The second-order valence-corrected chi connectivity index (χ2v) is 15.0. The van der Waals surface area contributed by atoms with Gasteiger partial charge < -0.3 is 19.8 Å². The number of nitrogens with zero attached hydrogens (tertiary/aromatic N) is 1. The van der Waals surface area contributed by atoms with Gasteiger partial charge in [-0.05, 0) is 70.6 Å². The van der Waals surface area contributed by atoms with E-state index in [0.717, 1.165) is 57.8 Å². The molecule has 0 heterocycles. The van der Waals surface area contributed by atoms with Crippen LogP contribution in [0.15, 0.2) is 97.2 Å². The number of hydrogen-bond acceptors (Lipinski definition) is 5. The SMILES string of the molecule is CC/C=C\C/C=C\C/C=C\C/C=C\C/C=C\CC(=O)NC(COP(=O)(O)OCC[N+](C)(C)C)C(O)/C=C/CC/C=C/CC/C=C/CCCCCC. The van der Waals surface area contributed by atoms with Crippen LogP contribution in [-0.2, 0) is 18.4 Å². The summed E-state index contributed by atoms with van der Waals surface area (Å²) in [7, 11) is 1.47. The van der Waals surface area contributed by atoms with Crippen LogP contribution in [0, 0.1) is 0 Å². The number of hydrogen-bond donors (Lipinski definition) is 3. The average molecular weight is 732 g/mol. The summed E-state index contributed by atoms with van der Waals surface area (Å²) in [5.41, 5.74) is 0. The molecular weight excluding hydrogens is 659 g/mol. The van der Waals surface area contributed by atoms with E-state index in [1.54, 1.807) is 12.2 Å². The standard InChI is InChI=1S/C42H71N2O6P/c1-6-8-10-12-14-16-18-20-22-24-26-28-30-32-34-36-42(46)43-40(39-50-51(47,48)49-38-37-44(3,4)5)41(45)35-33-31-29-27-25-23-21-19-17-15-13-11-9-7-2/h8,10,14,16-17,19-20,22,25-28,32-35,40-41,45H,6-7,9,11-13,15,18,21,23-24,29-31,36-39H2,1-5H3,(H-,43,46,47,48)/p+1/b10-8-,16-14-,19-17+,22-20-,27-25+,28-26-,34-32-,35-33+. The molecular formula is C42H72N2O6P+. The zero-order chi connectivity index (χ0) is 37.9. The first-order valence-corrected chi connectivity index (χ1v) is 20.6. The Hall–Kier alpha value is -2.58. The minimum Gasteiger partial charge on any atom is -0.387 e. The zero-order valence-corrected chi connectivity index (χ0v) is 33.4. The van der Waals surface area contributed by atoms with Crippen molar-refractivity contribution in [1.29, 1.82) is 0 Å². The number of rotatable bonds is 32. The summed E-state index contributed by atoms with van der Waals surface area (Å²) in [5, 5.41) is 13.6. The number of carbonyl (C=O) groups is 1. The van der Waals surface area contributed by atoms with Gasteiger partial charge in [0.2, 0.25) is 5.91 Å². The second kappa shape index (κ2) is 33.3. The maximum absolute atomic E-state index is 12.7.